The molecule has 0 saturated carbocycles. The molecule has 1 heterocycles. The van der Waals surface area contributed by atoms with Gasteiger partial charge in [0.05, 0.1) is 4.90 Å². The van der Waals surface area contributed by atoms with E-state index in [0.29, 0.717) is 5.69 Å². The van der Waals surface area contributed by atoms with Crippen molar-refractivity contribution in [3.63, 3.8) is 0 Å². The van der Waals surface area contributed by atoms with Crippen molar-refractivity contribution in [3.05, 3.63) is 16.4 Å². The van der Waals surface area contributed by atoms with Crippen LogP contribution < -0.4 is 0 Å². The highest BCUT2D eigenvalue weighted by atomic mass is 79.9. The topological polar surface area (TPSA) is 39.6 Å². The number of alkyl halides is 3. The van der Waals surface area contributed by atoms with Crippen molar-refractivity contribution in [1.29, 1.82) is 5.26 Å². The van der Waals surface area contributed by atoms with Gasteiger partial charge in [0.25, 0.3) is 0 Å². The third-order valence-electron chi connectivity index (χ3n) is 1.41. The summed E-state index contributed by atoms with van der Waals surface area (Å²) in [4.78, 5) is 2.78. The molecule has 0 spiro atoms. The molecule has 0 fully saturated rings. The lowest BCUT2D eigenvalue weighted by atomic mass is 10.3. The molecule has 0 aliphatic heterocycles. The van der Waals surface area contributed by atoms with Gasteiger partial charge in [0.15, 0.2) is 0 Å². The Kier molecular flexibility index (Phi) is 3.45. The maximum atomic E-state index is 12.6. The van der Waals surface area contributed by atoms with Gasteiger partial charge < -0.3 is 4.98 Å². The molecule has 1 rings (SSSR count). The third-order valence-corrected chi connectivity index (χ3v) is 3.13. The molecule has 1 aromatic heterocycles. The van der Waals surface area contributed by atoms with E-state index in [1.54, 1.807) is 13.0 Å². The second-order valence-corrected chi connectivity index (χ2v) is 5.45. The molecule has 0 atom stereocenters. The fourth-order valence-electron chi connectivity index (χ4n) is 0.914. The van der Waals surface area contributed by atoms with Crippen molar-refractivity contribution >= 4 is 39.3 Å². The molecule has 0 amide bonds. The smallest absolute Gasteiger partial charge is 0.348 e. The van der Waals surface area contributed by atoms with Crippen LogP contribution in [0.25, 0.3) is 0 Å². The SMILES string of the molecule is Cc1[nH]c(Cl)c(C#N)c1SC(F)(F)Br. The number of nitrogens with one attached hydrogen (secondary N) is 1. The maximum Gasteiger partial charge on any atom is 0.353 e. The highest BCUT2D eigenvalue weighted by molar-refractivity contribution is 9.11. The molecule has 0 bridgehead atoms. The van der Waals surface area contributed by atoms with Crippen LogP contribution >= 0.6 is 39.3 Å². The molecule has 2 nitrogen and oxygen atoms in total. The summed E-state index contributed by atoms with van der Waals surface area (Å²) in [5.74, 6) is 0. The third kappa shape index (κ3) is 2.62. The fraction of sp³-hybridized carbons (Fsp3) is 0.286. The molecule has 1 aromatic rings. The normalized spacial score (nSPS) is 11.4. The number of aromatic nitrogens is 1. The van der Waals surface area contributed by atoms with Crippen molar-refractivity contribution < 1.29 is 8.78 Å². The van der Waals surface area contributed by atoms with Crippen LogP contribution in [0.15, 0.2) is 4.90 Å². The van der Waals surface area contributed by atoms with Gasteiger partial charge in [0.2, 0.25) is 0 Å². The first-order valence-corrected chi connectivity index (χ1v) is 5.38. The van der Waals surface area contributed by atoms with E-state index in [9.17, 15) is 8.78 Å². The summed E-state index contributed by atoms with van der Waals surface area (Å²) in [6.45, 7) is 1.58. The Morgan fingerprint density at radius 2 is 2.21 bits per heavy atom. The molecule has 76 valence electrons. The van der Waals surface area contributed by atoms with Gasteiger partial charge in [-0.2, -0.15) is 14.0 Å². The standard InChI is InChI=1S/C7H4BrClF2N2S/c1-3-5(14-7(8,10)11)4(2-12)6(9)13-3/h13H,1H3. The molecule has 14 heavy (non-hydrogen) atoms. The van der Waals surface area contributed by atoms with E-state index in [2.05, 4.69) is 20.9 Å². The second kappa shape index (κ2) is 4.09. The van der Waals surface area contributed by atoms with Crippen molar-refractivity contribution in [2.24, 2.45) is 0 Å². The Hall–Kier alpha value is -0.250. The van der Waals surface area contributed by atoms with E-state index in [0.717, 1.165) is 0 Å². The Morgan fingerprint density at radius 1 is 1.64 bits per heavy atom. The summed E-state index contributed by atoms with van der Waals surface area (Å²) in [7, 11) is 0. The fourth-order valence-corrected chi connectivity index (χ4v) is 2.42. The first-order chi connectivity index (χ1) is 6.35. The quantitative estimate of drug-likeness (QED) is 0.665. The largest absolute Gasteiger partial charge is 0.353 e. The van der Waals surface area contributed by atoms with Crippen LogP contribution in [0.2, 0.25) is 5.15 Å². The van der Waals surface area contributed by atoms with E-state index in [4.69, 9.17) is 16.9 Å². The van der Waals surface area contributed by atoms with E-state index >= 15 is 0 Å². The Bertz CT molecular complexity index is 394. The zero-order valence-corrected chi connectivity index (χ0v) is 10.0. The van der Waals surface area contributed by atoms with Gasteiger partial charge in [0.1, 0.15) is 16.8 Å². The van der Waals surface area contributed by atoms with Gasteiger partial charge >= 0.3 is 4.16 Å². The van der Waals surface area contributed by atoms with Crippen molar-refractivity contribution in [1.82, 2.24) is 4.98 Å². The first-order valence-electron chi connectivity index (χ1n) is 3.39. The minimum Gasteiger partial charge on any atom is -0.348 e. The highest BCUT2D eigenvalue weighted by Crippen LogP contribution is 2.44. The van der Waals surface area contributed by atoms with Crippen molar-refractivity contribution in [2.75, 3.05) is 0 Å². The average Bonchev–Trinajstić information content (AvgIpc) is 2.24. The van der Waals surface area contributed by atoms with Crippen molar-refractivity contribution in [2.45, 2.75) is 16.0 Å². The zero-order valence-electron chi connectivity index (χ0n) is 6.87. The molecule has 7 heteroatoms. The van der Waals surface area contributed by atoms with Gasteiger partial charge in [-0.15, -0.1) is 0 Å². The summed E-state index contributed by atoms with van der Waals surface area (Å²) < 4.78 is 22.2. The van der Waals surface area contributed by atoms with E-state index in [-0.39, 0.29) is 27.4 Å². The molecule has 0 saturated heterocycles. The van der Waals surface area contributed by atoms with Crippen LogP contribution in [0.5, 0.6) is 0 Å². The second-order valence-electron chi connectivity index (χ2n) is 2.43. The van der Waals surface area contributed by atoms with Crippen LogP contribution in [0.1, 0.15) is 11.3 Å². The van der Waals surface area contributed by atoms with Crippen LogP contribution in [-0.4, -0.2) is 9.15 Å². The van der Waals surface area contributed by atoms with Crippen molar-refractivity contribution in [3.8, 4) is 6.07 Å². The van der Waals surface area contributed by atoms with Gasteiger partial charge in [-0.25, -0.2) is 0 Å². The zero-order chi connectivity index (χ0) is 10.9. The number of aromatic amines is 1. The summed E-state index contributed by atoms with van der Waals surface area (Å²) in [6, 6.07) is 1.77. The van der Waals surface area contributed by atoms with Gasteiger partial charge in [0, 0.05) is 21.6 Å². The minimum absolute atomic E-state index is 0.0493. The Labute approximate surface area is 96.8 Å². The number of rotatable bonds is 2. The molecule has 0 radical (unpaired) electrons. The summed E-state index contributed by atoms with van der Waals surface area (Å²) in [6.07, 6.45) is 0. The number of H-pyrrole nitrogens is 1. The predicted molar refractivity (Wildman–Crippen MR) is 55.0 cm³/mol. The van der Waals surface area contributed by atoms with Crippen LogP contribution in [-0.2, 0) is 0 Å². The monoisotopic (exact) mass is 300 g/mol. The number of aryl methyl sites for hydroxylation is 1. The summed E-state index contributed by atoms with van der Waals surface area (Å²) in [5.41, 5.74) is 0.504. The molecule has 0 unspecified atom stereocenters. The predicted octanol–water partition coefficient (Wildman–Crippen LogP) is 3.89. The number of hydrogen-bond acceptors (Lipinski definition) is 2. The summed E-state index contributed by atoms with van der Waals surface area (Å²) in [5, 5.41) is 8.77. The Morgan fingerprint density at radius 3 is 2.64 bits per heavy atom. The van der Waals surface area contributed by atoms with Gasteiger partial charge in [-0.05, 0) is 18.7 Å². The van der Waals surface area contributed by atoms with E-state index in [1.807, 2.05) is 0 Å². The number of nitriles is 1. The van der Waals surface area contributed by atoms with Crippen LogP contribution in [0.3, 0.4) is 0 Å². The van der Waals surface area contributed by atoms with Gasteiger partial charge in [-0.3, -0.25) is 0 Å². The number of thioether (sulfide) groups is 1. The van der Waals surface area contributed by atoms with E-state index < -0.39 is 4.16 Å². The molecular weight excluding hydrogens is 298 g/mol. The van der Waals surface area contributed by atoms with E-state index in [1.165, 1.54) is 0 Å². The molecule has 1 N–H and O–H groups in total. The lowest BCUT2D eigenvalue weighted by Crippen LogP contribution is -1.97. The lowest BCUT2D eigenvalue weighted by molar-refractivity contribution is 0.220. The Balaban J connectivity index is 3.15. The molecule has 0 aliphatic carbocycles. The molecular formula is C7H4BrClF2N2S. The number of nitrogens with zero attached hydrogens (tertiary/aromatic N) is 1. The highest BCUT2D eigenvalue weighted by Gasteiger charge is 2.29. The average molecular weight is 302 g/mol. The molecule has 0 aliphatic rings. The van der Waals surface area contributed by atoms with Crippen LogP contribution in [0, 0.1) is 18.3 Å². The molecule has 0 aromatic carbocycles. The first kappa shape index (κ1) is 11.8. The maximum absolute atomic E-state index is 12.6. The van der Waals surface area contributed by atoms with Gasteiger partial charge in [-0.1, -0.05) is 11.6 Å². The minimum atomic E-state index is -3.10. The number of halogens is 4. The number of hydrogen-bond donors (Lipinski definition) is 1. The summed E-state index contributed by atoms with van der Waals surface area (Å²) >= 11 is 8.06. The lowest BCUT2D eigenvalue weighted by Gasteiger charge is -2.06. The van der Waals surface area contributed by atoms with Crippen LogP contribution in [0.4, 0.5) is 8.78 Å².